The number of pyridine rings is 1. The van der Waals surface area contributed by atoms with Crippen molar-refractivity contribution in [3.63, 3.8) is 0 Å². The first kappa shape index (κ1) is 23.2. The molecule has 0 saturated carbocycles. The Morgan fingerprint density at radius 2 is 1.88 bits per heavy atom. The fourth-order valence-corrected chi connectivity index (χ4v) is 5.32. The summed E-state index contributed by atoms with van der Waals surface area (Å²) in [6.07, 6.45) is 0. The van der Waals surface area contributed by atoms with Gasteiger partial charge in [0.2, 0.25) is 15.6 Å². The Bertz CT molecular complexity index is 1340. The minimum absolute atomic E-state index is 0.0655. The molecule has 0 unspecified atom stereocenters. The zero-order chi connectivity index (χ0) is 23.8. The van der Waals surface area contributed by atoms with Crippen LogP contribution < -0.4 is 5.56 Å². The predicted molar refractivity (Wildman–Crippen MR) is 123 cm³/mol. The number of hydrogen-bond acceptors (Lipinski definition) is 6. The molecule has 176 valence electrons. The maximum absolute atomic E-state index is 13.6. The number of ether oxygens (including phenoxy) is 1. The molecule has 1 N–H and O–H groups in total. The standard InChI is InChI=1S/C23H27N3O6S/c1-15(2)26(14-17-5-4-16(3)32-17)23(28)20-13-22(27)24-21-7-6-18(12-19(20)21)33(29,30)25-8-10-31-11-9-25/h4-7,12-13,15H,8-11,14H2,1-3H3,(H,24,27). The van der Waals surface area contributed by atoms with Crippen LogP contribution in [0.4, 0.5) is 0 Å². The molecule has 1 saturated heterocycles. The van der Waals surface area contributed by atoms with Crippen LogP contribution in [0.3, 0.4) is 0 Å². The van der Waals surface area contributed by atoms with E-state index in [1.165, 1.54) is 28.6 Å². The third-order valence-electron chi connectivity index (χ3n) is 5.66. The lowest BCUT2D eigenvalue weighted by Gasteiger charge is -2.27. The largest absolute Gasteiger partial charge is 0.464 e. The van der Waals surface area contributed by atoms with Crippen molar-refractivity contribution < 1.29 is 22.4 Å². The maximum Gasteiger partial charge on any atom is 0.255 e. The smallest absolute Gasteiger partial charge is 0.255 e. The quantitative estimate of drug-likeness (QED) is 0.589. The van der Waals surface area contributed by atoms with Gasteiger partial charge in [0.25, 0.3) is 5.91 Å². The van der Waals surface area contributed by atoms with Crippen LogP contribution >= 0.6 is 0 Å². The topological polar surface area (TPSA) is 113 Å². The molecule has 33 heavy (non-hydrogen) atoms. The van der Waals surface area contributed by atoms with Gasteiger partial charge in [-0.3, -0.25) is 9.59 Å². The van der Waals surface area contributed by atoms with Gasteiger partial charge in [-0.15, -0.1) is 0 Å². The number of morpholine rings is 1. The van der Waals surface area contributed by atoms with Gasteiger partial charge < -0.3 is 19.0 Å². The Morgan fingerprint density at radius 1 is 1.15 bits per heavy atom. The summed E-state index contributed by atoms with van der Waals surface area (Å²) in [5, 5.41) is 0.371. The van der Waals surface area contributed by atoms with Crippen molar-refractivity contribution in [2.75, 3.05) is 26.3 Å². The number of hydrogen-bond donors (Lipinski definition) is 1. The first-order chi connectivity index (χ1) is 15.7. The molecule has 4 rings (SSSR count). The number of benzene rings is 1. The van der Waals surface area contributed by atoms with Crippen molar-refractivity contribution in [3.05, 3.63) is 63.8 Å². The second kappa shape index (κ2) is 9.12. The van der Waals surface area contributed by atoms with Gasteiger partial charge >= 0.3 is 0 Å². The molecule has 1 aromatic carbocycles. The second-order valence-electron chi connectivity index (χ2n) is 8.31. The number of H-pyrrole nitrogens is 1. The number of aryl methyl sites for hydroxylation is 1. The van der Waals surface area contributed by atoms with Crippen LogP contribution in [0, 0.1) is 6.92 Å². The molecule has 0 aliphatic carbocycles. The monoisotopic (exact) mass is 473 g/mol. The normalized spacial score (nSPS) is 15.3. The molecule has 10 heteroatoms. The number of aromatic nitrogens is 1. The van der Waals surface area contributed by atoms with Crippen LogP contribution in [-0.4, -0.2) is 60.9 Å². The second-order valence-corrected chi connectivity index (χ2v) is 10.2. The lowest BCUT2D eigenvalue weighted by molar-refractivity contribution is 0.0677. The van der Waals surface area contributed by atoms with Gasteiger partial charge in [0.1, 0.15) is 11.5 Å². The van der Waals surface area contributed by atoms with Gasteiger partial charge in [-0.05, 0) is 51.1 Å². The molecule has 1 fully saturated rings. The number of aromatic amines is 1. The van der Waals surface area contributed by atoms with Crippen molar-refractivity contribution in [1.82, 2.24) is 14.2 Å². The molecule has 0 spiro atoms. The number of nitrogens with one attached hydrogen (secondary N) is 1. The van der Waals surface area contributed by atoms with Crippen LogP contribution in [0.5, 0.6) is 0 Å². The summed E-state index contributed by atoms with van der Waals surface area (Å²) < 4.78 is 38.6. The van der Waals surface area contributed by atoms with Gasteiger partial charge in [-0.1, -0.05) is 0 Å². The molecule has 1 aliphatic rings. The highest BCUT2D eigenvalue weighted by molar-refractivity contribution is 7.89. The van der Waals surface area contributed by atoms with Crippen molar-refractivity contribution >= 4 is 26.8 Å². The molecule has 1 amide bonds. The third-order valence-corrected chi connectivity index (χ3v) is 7.55. The van der Waals surface area contributed by atoms with E-state index in [2.05, 4.69) is 4.98 Å². The highest BCUT2D eigenvalue weighted by atomic mass is 32.2. The predicted octanol–water partition coefficient (Wildman–Crippen LogP) is 2.50. The minimum Gasteiger partial charge on any atom is -0.464 e. The van der Waals surface area contributed by atoms with E-state index in [0.29, 0.717) is 29.9 Å². The molecule has 0 bridgehead atoms. The van der Waals surface area contributed by atoms with Crippen LogP contribution in [0.1, 0.15) is 35.7 Å². The van der Waals surface area contributed by atoms with Crippen LogP contribution in [-0.2, 0) is 21.3 Å². The fraction of sp³-hybridized carbons (Fsp3) is 0.391. The lowest BCUT2D eigenvalue weighted by atomic mass is 10.1. The van der Waals surface area contributed by atoms with Crippen molar-refractivity contribution in [2.24, 2.45) is 0 Å². The van der Waals surface area contributed by atoms with E-state index in [4.69, 9.17) is 9.15 Å². The number of sulfonamides is 1. The summed E-state index contributed by atoms with van der Waals surface area (Å²) >= 11 is 0. The van der Waals surface area contributed by atoms with E-state index in [1.54, 1.807) is 11.0 Å². The number of amides is 1. The number of furan rings is 1. The van der Waals surface area contributed by atoms with Crippen LogP contribution in [0.15, 0.2) is 50.5 Å². The molecule has 3 aromatic rings. The Kier molecular flexibility index (Phi) is 6.42. The van der Waals surface area contributed by atoms with E-state index in [9.17, 15) is 18.0 Å². The van der Waals surface area contributed by atoms with Gasteiger partial charge in [0.05, 0.1) is 30.2 Å². The SMILES string of the molecule is Cc1ccc(CN(C(=O)c2cc(=O)[nH]c3ccc(S(=O)(=O)N4CCOCC4)cc23)C(C)C)o1. The number of nitrogens with zero attached hydrogens (tertiary/aromatic N) is 2. The molecule has 0 radical (unpaired) electrons. The molecule has 3 heterocycles. The summed E-state index contributed by atoms with van der Waals surface area (Å²) in [5.41, 5.74) is 0.0984. The van der Waals surface area contributed by atoms with E-state index < -0.39 is 15.6 Å². The van der Waals surface area contributed by atoms with E-state index in [0.717, 1.165) is 5.76 Å². The molecule has 9 nitrogen and oxygen atoms in total. The van der Waals surface area contributed by atoms with Gasteiger partial charge in [-0.2, -0.15) is 4.31 Å². The molecule has 2 aromatic heterocycles. The summed E-state index contributed by atoms with van der Waals surface area (Å²) in [7, 11) is -3.77. The zero-order valence-electron chi connectivity index (χ0n) is 18.8. The average Bonchev–Trinajstić information content (AvgIpc) is 3.21. The lowest BCUT2D eigenvalue weighted by Crippen LogP contribution is -2.40. The summed E-state index contributed by atoms with van der Waals surface area (Å²) in [5.74, 6) is 0.982. The first-order valence-corrected chi connectivity index (χ1v) is 12.2. The van der Waals surface area contributed by atoms with Crippen LogP contribution in [0.2, 0.25) is 0 Å². The first-order valence-electron chi connectivity index (χ1n) is 10.8. The third kappa shape index (κ3) is 4.73. The Hall–Kier alpha value is -2.95. The maximum atomic E-state index is 13.6. The van der Waals surface area contributed by atoms with Gasteiger partial charge in [0, 0.05) is 36.1 Å². The zero-order valence-corrected chi connectivity index (χ0v) is 19.6. The average molecular weight is 474 g/mol. The Morgan fingerprint density at radius 3 is 2.52 bits per heavy atom. The van der Waals surface area contributed by atoms with Crippen molar-refractivity contribution in [3.8, 4) is 0 Å². The van der Waals surface area contributed by atoms with Crippen molar-refractivity contribution in [2.45, 2.75) is 38.3 Å². The molecule has 1 aliphatic heterocycles. The van der Waals surface area contributed by atoms with E-state index >= 15 is 0 Å². The molecular formula is C23H27N3O6S. The number of carbonyl (C=O) groups excluding carboxylic acids is 1. The van der Waals surface area contributed by atoms with Crippen LogP contribution in [0.25, 0.3) is 10.9 Å². The fourth-order valence-electron chi connectivity index (χ4n) is 3.89. The summed E-state index contributed by atoms with van der Waals surface area (Å²) in [4.78, 5) is 30.2. The van der Waals surface area contributed by atoms with Gasteiger partial charge in [-0.25, -0.2) is 8.42 Å². The Balaban J connectivity index is 1.78. The summed E-state index contributed by atoms with van der Waals surface area (Å²) in [6, 6.07) is 9.10. The highest BCUT2D eigenvalue weighted by Gasteiger charge is 2.28. The molecular weight excluding hydrogens is 446 g/mol. The number of fused-ring (bicyclic) bond motifs is 1. The number of carbonyl (C=O) groups is 1. The summed E-state index contributed by atoms with van der Waals surface area (Å²) in [6.45, 7) is 6.99. The van der Waals surface area contributed by atoms with E-state index in [1.807, 2.05) is 26.8 Å². The van der Waals surface area contributed by atoms with Gasteiger partial charge in [0.15, 0.2) is 0 Å². The highest BCUT2D eigenvalue weighted by Crippen LogP contribution is 2.25. The molecule has 0 atom stereocenters. The minimum atomic E-state index is -3.77. The van der Waals surface area contributed by atoms with Crippen molar-refractivity contribution in [1.29, 1.82) is 0 Å². The Labute approximate surface area is 192 Å². The van der Waals surface area contributed by atoms with E-state index in [-0.39, 0.29) is 42.0 Å². The number of rotatable bonds is 6.